The molecule has 2 rings (SSSR count). The Morgan fingerprint density at radius 1 is 1.16 bits per heavy atom. The molecule has 1 N–H and O–H groups in total. The van der Waals surface area contributed by atoms with Crippen LogP contribution in [0.2, 0.25) is 5.02 Å². The minimum Gasteiger partial charge on any atom is -0.313 e. The third kappa shape index (κ3) is 3.82. The third-order valence-corrected chi connectivity index (χ3v) is 4.06. The molecule has 2 aromatic rings. The molecule has 0 heterocycles. The van der Waals surface area contributed by atoms with Crippen molar-refractivity contribution >= 4 is 27.5 Å². The summed E-state index contributed by atoms with van der Waals surface area (Å²) in [6.45, 7) is 2.15. The van der Waals surface area contributed by atoms with Crippen LogP contribution in [-0.2, 0) is 6.42 Å². The van der Waals surface area contributed by atoms with Gasteiger partial charge in [0.2, 0.25) is 0 Å². The van der Waals surface area contributed by atoms with Crippen molar-refractivity contribution in [2.24, 2.45) is 0 Å². The standard InChI is InChI=1S/C16H17BrClN/c1-11-3-6-13(17)10-15(11)16(19-2)9-12-4-7-14(18)8-5-12/h3-8,10,16,19H,9H2,1-2H3. The third-order valence-electron chi connectivity index (χ3n) is 3.32. The Bertz CT molecular complexity index is 551. The van der Waals surface area contributed by atoms with E-state index in [4.69, 9.17) is 11.6 Å². The molecule has 0 saturated carbocycles. The molecule has 2 aromatic carbocycles. The molecule has 0 aliphatic carbocycles. The lowest BCUT2D eigenvalue weighted by Crippen LogP contribution is -2.19. The molecule has 1 nitrogen and oxygen atoms in total. The summed E-state index contributed by atoms with van der Waals surface area (Å²) in [5.41, 5.74) is 3.91. The smallest absolute Gasteiger partial charge is 0.0406 e. The van der Waals surface area contributed by atoms with Gasteiger partial charge in [0.15, 0.2) is 0 Å². The van der Waals surface area contributed by atoms with E-state index in [2.05, 4.69) is 58.5 Å². The van der Waals surface area contributed by atoms with Crippen molar-refractivity contribution < 1.29 is 0 Å². The maximum absolute atomic E-state index is 5.92. The van der Waals surface area contributed by atoms with Gasteiger partial charge in [0.1, 0.15) is 0 Å². The van der Waals surface area contributed by atoms with Gasteiger partial charge in [0.05, 0.1) is 0 Å². The number of likely N-dealkylation sites (N-methyl/N-ethyl adjacent to an activating group) is 1. The summed E-state index contributed by atoms with van der Waals surface area (Å²) in [4.78, 5) is 0. The topological polar surface area (TPSA) is 12.0 Å². The van der Waals surface area contributed by atoms with Crippen molar-refractivity contribution in [2.45, 2.75) is 19.4 Å². The molecule has 0 bridgehead atoms. The van der Waals surface area contributed by atoms with Crippen LogP contribution < -0.4 is 5.32 Å². The van der Waals surface area contributed by atoms with E-state index in [1.54, 1.807) is 0 Å². The van der Waals surface area contributed by atoms with Gasteiger partial charge in [0, 0.05) is 15.5 Å². The Labute approximate surface area is 128 Å². The summed E-state index contributed by atoms with van der Waals surface area (Å²) >= 11 is 9.47. The van der Waals surface area contributed by atoms with Crippen molar-refractivity contribution in [2.75, 3.05) is 7.05 Å². The molecule has 0 saturated heterocycles. The Morgan fingerprint density at radius 3 is 2.47 bits per heavy atom. The first-order valence-corrected chi connectivity index (χ1v) is 7.45. The van der Waals surface area contributed by atoms with Crippen LogP contribution in [0.3, 0.4) is 0 Å². The molecule has 19 heavy (non-hydrogen) atoms. The maximum atomic E-state index is 5.92. The zero-order chi connectivity index (χ0) is 13.8. The van der Waals surface area contributed by atoms with E-state index in [1.807, 2.05) is 19.2 Å². The quantitative estimate of drug-likeness (QED) is 0.835. The molecule has 100 valence electrons. The second-order valence-corrected chi connectivity index (χ2v) is 6.02. The second kappa shape index (κ2) is 6.56. The number of benzene rings is 2. The van der Waals surface area contributed by atoms with Crippen molar-refractivity contribution in [3.8, 4) is 0 Å². The largest absolute Gasteiger partial charge is 0.313 e. The lowest BCUT2D eigenvalue weighted by Gasteiger charge is -2.19. The van der Waals surface area contributed by atoms with Crippen molar-refractivity contribution in [1.29, 1.82) is 0 Å². The number of halogens is 2. The van der Waals surface area contributed by atoms with Crippen molar-refractivity contribution in [3.63, 3.8) is 0 Å². The van der Waals surface area contributed by atoms with Crippen molar-refractivity contribution in [1.82, 2.24) is 5.32 Å². The van der Waals surface area contributed by atoms with Gasteiger partial charge in [-0.3, -0.25) is 0 Å². The van der Waals surface area contributed by atoms with Gasteiger partial charge >= 0.3 is 0 Å². The zero-order valence-electron chi connectivity index (χ0n) is 11.1. The highest BCUT2D eigenvalue weighted by Crippen LogP contribution is 2.25. The average Bonchev–Trinajstić information content (AvgIpc) is 2.41. The molecule has 0 aromatic heterocycles. The van der Waals surface area contributed by atoms with Crippen LogP contribution >= 0.6 is 27.5 Å². The predicted molar refractivity (Wildman–Crippen MR) is 85.8 cm³/mol. The summed E-state index contributed by atoms with van der Waals surface area (Å²) in [5, 5.41) is 4.18. The van der Waals surface area contributed by atoms with Crippen LogP contribution in [0.1, 0.15) is 22.7 Å². The maximum Gasteiger partial charge on any atom is 0.0406 e. The van der Waals surface area contributed by atoms with E-state index in [0.717, 1.165) is 15.9 Å². The zero-order valence-corrected chi connectivity index (χ0v) is 13.4. The molecule has 0 amide bonds. The lowest BCUT2D eigenvalue weighted by molar-refractivity contribution is 0.588. The fraction of sp³-hybridized carbons (Fsp3) is 0.250. The van der Waals surface area contributed by atoms with Gasteiger partial charge in [-0.25, -0.2) is 0 Å². The van der Waals surface area contributed by atoms with E-state index in [9.17, 15) is 0 Å². The van der Waals surface area contributed by atoms with Crippen LogP contribution in [0.15, 0.2) is 46.9 Å². The van der Waals surface area contributed by atoms with E-state index in [0.29, 0.717) is 6.04 Å². The molecule has 1 atom stereocenters. The monoisotopic (exact) mass is 337 g/mol. The van der Waals surface area contributed by atoms with Crippen LogP contribution in [0, 0.1) is 6.92 Å². The van der Waals surface area contributed by atoms with Crippen LogP contribution in [0.4, 0.5) is 0 Å². The Hall–Kier alpha value is -0.830. The van der Waals surface area contributed by atoms with Crippen molar-refractivity contribution in [3.05, 3.63) is 68.7 Å². The predicted octanol–water partition coefficient (Wildman–Crippen LogP) is 4.91. The van der Waals surface area contributed by atoms with Crippen LogP contribution in [-0.4, -0.2) is 7.05 Å². The summed E-state index contributed by atoms with van der Waals surface area (Å²) < 4.78 is 1.12. The number of hydrogen-bond acceptors (Lipinski definition) is 1. The van der Waals surface area contributed by atoms with Gasteiger partial charge in [-0.15, -0.1) is 0 Å². The van der Waals surface area contributed by atoms with Gasteiger partial charge in [-0.2, -0.15) is 0 Å². The SMILES string of the molecule is CNC(Cc1ccc(Cl)cc1)c1cc(Br)ccc1C. The number of rotatable bonds is 4. The minimum atomic E-state index is 0.304. The summed E-state index contributed by atoms with van der Waals surface area (Å²) in [5.74, 6) is 0. The Kier molecular flexibility index (Phi) is 5.03. The lowest BCUT2D eigenvalue weighted by atomic mass is 9.95. The number of hydrogen-bond donors (Lipinski definition) is 1. The fourth-order valence-corrected chi connectivity index (χ4v) is 2.72. The molecule has 1 unspecified atom stereocenters. The van der Waals surface area contributed by atoms with Crippen LogP contribution in [0.5, 0.6) is 0 Å². The van der Waals surface area contributed by atoms with E-state index >= 15 is 0 Å². The molecular formula is C16H17BrClN. The molecule has 0 spiro atoms. The Balaban J connectivity index is 2.24. The molecule has 0 aliphatic heterocycles. The van der Waals surface area contributed by atoms with Gasteiger partial charge in [-0.05, 0) is 61.3 Å². The normalized spacial score (nSPS) is 12.4. The van der Waals surface area contributed by atoms with E-state index in [-0.39, 0.29) is 0 Å². The number of nitrogens with one attached hydrogen (secondary N) is 1. The first kappa shape index (κ1) is 14.6. The van der Waals surface area contributed by atoms with E-state index < -0.39 is 0 Å². The summed E-state index contributed by atoms with van der Waals surface area (Å²) in [6.07, 6.45) is 0.949. The van der Waals surface area contributed by atoms with Crippen LogP contribution in [0.25, 0.3) is 0 Å². The second-order valence-electron chi connectivity index (χ2n) is 4.67. The highest BCUT2D eigenvalue weighted by Gasteiger charge is 2.13. The molecule has 3 heteroatoms. The highest BCUT2D eigenvalue weighted by atomic mass is 79.9. The van der Waals surface area contributed by atoms with Gasteiger partial charge < -0.3 is 5.32 Å². The molecular weight excluding hydrogens is 322 g/mol. The Morgan fingerprint density at radius 2 is 1.84 bits per heavy atom. The molecule has 0 radical (unpaired) electrons. The minimum absolute atomic E-state index is 0.304. The fourth-order valence-electron chi connectivity index (χ4n) is 2.21. The average molecular weight is 339 g/mol. The van der Waals surface area contributed by atoms with Gasteiger partial charge in [0.25, 0.3) is 0 Å². The van der Waals surface area contributed by atoms with Gasteiger partial charge in [-0.1, -0.05) is 45.7 Å². The summed E-state index contributed by atoms with van der Waals surface area (Å²) in [7, 11) is 2.00. The number of aryl methyl sites for hydroxylation is 1. The van der Waals surface area contributed by atoms with E-state index in [1.165, 1.54) is 16.7 Å². The highest BCUT2D eigenvalue weighted by molar-refractivity contribution is 9.10. The first-order chi connectivity index (χ1) is 9.10. The molecule has 0 fully saturated rings. The summed E-state index contributed by atoms with van der Waals surface area (Å²) in [6, 6.07) is 14.8. The first-order valence-electron chi connectivity index (χ1n) is 6.28. The molecule has 0 aliphatic rings.